The van der Waals surface area contributed by atoms with Crippen LogP contribution in [0.3, 0.4) is 0 Å². The van der Waals surface area contributed by atoms with Crippen LogP contribution < -0.4 is 5.32 Å². The van der Waals surface area contributed by atoms with Gasteiger partial charge in [0.05, 0.1) is 32.2 Å². The van der Waals surface area contributed by atoms with Crippen LogP contribution in [0.15, 0.2) is 51.0 Å². The number of carbonyl (C=O) groups is 2. The summed E-state index contributed by atoms with van der Waals surface area (Å²) in [7, 11) is 0. The van der Waals surface area contributed by atoms with Gasteiger partial charge < -0.3 is 19.1 Å². The van der Waals surface area contributed by atoms with E-state index in [0.717, 1.165) is 12.2 Å². The van der Waals surface area contributed by atoms with E-state index in [4.69, 9.17) is 8.83 Å². The molecule has 7 nitrogen and oxygen atoms in total. The van der Waals surface area contributed by atoms with E-state index in [9.17, 15) is 9.59 Å². The molecule has 1 unspecified atom stereocenters. The zero-order valence-electron chi connectivity index (χ0n) is 19.1. The zero-order chi connectivity index (χ0) is 23.1. The molecule has 0 aromatic carbocycles. The maximum absolute atomic E-state index is 13.1. The standard InChI is InChI=1S/C24H31N3O4S/c1-17(12-24(2,3)4)11-22(28)27(14-19-8-6-10-31-19)15-21-26-20(16-32-21)23(29)25-13-18-7-5-9-30-18/h5-10,16-17H,11-15H2,1-4H3,(H,25,29). The van der Waals surface area contributed by atoms with Crippen LogP contribution in [0.4, 0.5) is 0 Å². The molecule has 172 valence electrons. The van der Waals surface area contributed by atoms with Gasteiger partial charge in [0, 0.05) is 11.8 Å². The number of furan rings is 2. The molecule has 0 aliphatic rings. The molecule has 0 spiro atoms. The molecule has 1 atom stereocenters. The van der Waals surface area contributed by atoms with Crippen molar-refractivity contribution in [2.75, 3.05) is 0 Å². The molecule has 1 N–H and O–H groups in total. The highest BCUT2D eigenvalue weighted by Gasteiger charge is 2.23. The van der Waals surface area contributed by atoms with Crippen LogP contribution in [-0.4, -0.2) is 21.7 Å². The first-order chi connectivity index (χ1) is 15.2. The van der Waals surface area contributed by atoms with E-state index in [2.05, 4.69) is 38.0 Å². The molecule has 8 heteroatoms. The van der Waals surface area contributed by atoms with E-state index in [-0.39, 0.29) is 23.1 Å². The Bertz CT molecular complexity index is 987. The Morgan fingerprint density at radius 3 is 2.44 bits per heavy atom. The van der Waals surface area contributed by atoms with Gasteiger partial charge >= 0.3 is 0 Å². The molecule has 0 radical (unpaired) electrons. The number of hydrogen-bond acceptors (Lipinski definition) is 6. The highest BCUT2D eigenvalue weighted by atomic mass is 32.1. The van der Waals surface area contributed by atoms with Gasteiger partial charge in [0.15, 0.2) is 0 Å². The average Bonchev–Trinajstić information content (AvgIpc) is 3.46. The fourth-order valence-electron chi connectivity index (χ4n) is 3.69. The van der Waals surface area contributed by atoms with Crippen molar-refractivity contribution in [1.29, 1.82) is 0 Å². The molecule has 32 heavy (non-hydrogen) atoms. The molecular formula is C24H31N3O4S. The van der Waals surface area contributed by atoms with Gasteiger partial charge in [-0.3, -0.25) is 9.59 Å². The van der Waals surface area contributed by atoms with Crippen molar-refractivity contribution in [3.8, 4) is 0 Å². The molecule has 0 fully saturated rings. The molecule has 0 saturated heterocycles. The highest BCUT2D eigenvalue weighted by Crippen LogP contribution is 2.27. The minimum Gasteiger partial charge on any atom is -0.467 e. The van der Waals surface area contributed by atoms with Gasteiger partial charge in [0.1, 0.15) is 22.2 Å². The summed E-state index contributed by atoms with van der Waals surface area (Å²) in [5.74, 6) is 1.44. The Morgan fingerprint density at radius 1 is 1.12 bits per heavy atom. The average molecular weight is 458 g/mol. The van der Waals surface area contributed by atoms with Gasteiger partial charge in [0.25, 0.3) is 5.91 Å². The lowest BCUT2D eigenvalue weighted by molar-refractivity contribution is -0.133. The van der Waals surface area contributed by atoms with Gasteiger partial charge in [-0.05, 0) is 42.0 Å². The molecule has 3 aromatic rings. The zero-order valence-corrected chi connectivity index (χ0v) is 19.9. The number of nitrogens with one attached hydrogen (secondary N) is 1. The third kappa shape index (κ3) is 7.37. The second-order valence-corrected chi connectivity index (χ2v) is 10.2. The highest BCUT2D eigenvalue weighted by molar-refractivity contribution is 7.09. The van der Waals surface area contributed by atoms with Crippen molar-refractivity contribution in [3.05, 3.63) is 64.4 Å². The molecule has 2 amide bonds. The number of aromatic nitrogens is 1. The lowest BCUT2D eigenvalue weighted by Gasteiger charge is -2.26. The summed E-state index contributed by atoms with van der Waals surface area (Å²) >= 11 is 1.37. The third-order valence-electron chi connectivity index (χ3n) is 4.88. The maximum Gasteiger partial charge on any atom is 0.271 e. The topological polar surface area (TPSA) is 88.6 Å². The molecule has 3 aromatic heterocycles. The van der Waals surface area contributed by atoms with Crippen LogP contribution in [0.5, 0.6) is 0 Å². The smallest absolute Gasteiger partial charge is 0.271 e. The van der Waals surface area contributed by atoms with Crippen molar-refractivity contribution >= 4 is 23.2 Å². The second kappa shape index (κ2) is 10.6. The van der Waals surface area contributed by atoms with E-state index in [1.165, 1.54) is 11.3 Å². The Balaban J connectivity index is 1.64. The van der Waals surface area contributed by atoms with Gasteiger partial charge in [-0.1, -0.05) is 27.7 Å². The molecule has 0 bridgehead atoms. The fraction of sp³-hybridized carbons (Fsp3) is 0.458. The summed E-state index contributed by atoms with van der Waals surface area (Å²) in [5, 5.41) is 5.21. The maximum atomic E-state index is 13.1. The van der Waals surface area contributed by atoms with Crippen molar-refractivity contribution in [1.82, 2.24) is 15.2 Å². The SMILES string of the molecule is CC(CC(=O)N(Cc1ccco1)Cc1nc(C(=O)NCc2ccco2)cs1)CC(C)(C)C. The van der Waals surface area contributed by atoms with E-state index >= 15 is 0 Å². The molecular weight excluding hydrogens is 426 g/mol. The Morgan fingerprint density at radius 2 is 1.81 bits per heavy atom. The Labute approximate surface area is 192 Å². The quantitative estimate of drug-likeness (QED) is 0.449. The number of thiazole rings is 1. The predicted octanol–water partition coefficient (Wildman–Crippen LogP) is 5.25. The van der Waals surface area contributed by atoms with Crippen LogP contribution in [-0.2, 0) is 24.4 Å². The molecule has 3 heterocycles. The molecule has 0 aliphatic heterocycles. The fourth-order valence-corrected chi connectivity index (χ4v) is 4.48. The third-order valence-corrected chi connectivity index (χ3v) is 5.71. The Hall–Kier alpha value is -2.87. The van der Waals surface area contributed by atoms with Crippen molar-refractivity contribution < 1.29 is 18.4 Å². The number of hydrogen-bond donors (Lipinski definition) is 1. The van der Waals surface area contributed by atoms with Gasteiger partial charge in [-0.15, -0.1) is 11.3 Å². The first kappa shape index (κ1) is 23.8. The predicted molar refractivity (Wildman–Crippen MR) is 123 cm³/mol. The van der Waals surface area contributed by atoms with Crippen molar-refractivity contribution in [2.24, 2.45) is 11.3 Å². The summed E-state index contributed by atoms with van der Waals surface area (Å²) in [6.45, 7) is 9.66. The first-order valence-electron chi connectivity index (χ1n) is 10.7. The number of carbonyl (C=O) groups excluding carboxylic acids is 2. The normalized spacial score (nSPS) is 12.5. The summed E-state index contributed by atoms with van der Waals surface area (Å²) in [6, 6.07) is 7.24. The largest absolute Gasteiger partial charge is 0.467 e. The number of rotatable bonds is 10. The van der Waals surface area contributed by atoms with Crippen LogP contribution >= 0.6 is 11.3 Å². The summed E-state index contributed by atoms with van der Waals surface area (Å²) in [5.41, 5.74) is 0.502. The van der Waals surface area contributed by atoms with Gasteiger partial charge in [-0.2, -0.15) is 0 Å². The Kier molecular flexibility index (Phi) is 7.90. The van der Waals surface area contributed by atoms with Crippen LogP contribution in [0, 0.1) is 11.3 Å². The second-order valence-electron chi connectivity index (χ2n) is 9.29. The van der Waals surface area contributed by atoms with Crippen LogP contribution in [0.25, 0.3) is 0 Å². The summed E-state index contributed by atoms with van der Waals surface area (Å²) in [4.78, 5) is 31.7. The van der Waals surface area contributed by atoms with E-state index in [1.54, 1.807) is 34.9 Å². The lowest BCUT2D eigenvalue weighted by Crippen LogP contribution is -2.31. The molecule has 0 aliphatic carbocycles. The minimum absolute atomic E-state index is 0.0529. The van der Waals surface area contributed by atoms with Crippen LogP contribution in [0.1, 0.15) is 67.6 Å². The minimum atomic E-state index is -0.272. The van der Waals surface area contributed by atoms with E-state index < -0.39 is 0 Å². The van der Waals surface area contributed by atoms with E-state index in [0.29, 0.717) is 42.5 Å². The van der Waals surface area contributed by atoms with Crippen LogP contribution in [0.2, 0.25) is 0 Å². The summed E-state index contributed by atoms with van der Waals surface area (Å²) < 4.78 is 10.7. The van der Waals surface area contributed by atoms with Crippen molar-refractivity contribution in [3.63, 3.8) is 0 Å². The number of nitrogens with zero attached hydrogens (tertiary/aromatic N) is 2. The molecule has 3 rings (SSSR count). The number of amides is 2. The molecule has 0 saturated carbocycles. The van der Waals surface area contributed by atoms with Gasteiger partial charge in [0.2, 0.25) is 5.91 Å². The van der Waals surface area contributed by atoms with Crippen molar-refractivity contribution in [2.45, 2.75) is 60.2 Å². The summed E-state index contributed by atoms with van der Waals surface area (Å²) in [6.07, 6.45) is 4.59. The monoisotopic (exact) mass is 457 g/mol. The van der Waals surface area contributed by atoms with E-state index in [1.807, 2.05) is 12.1 Å². The lowest BCUT2D eigenvalue weighted by atomic mass is 9.84. The first-order valence-corrected chi connectivity index (χ1v) is 11.6. The van der Waals surface area contributed by atoms with Gasteiger partial charge in [-0.25, -0.2) is 4.98 Å².